The smallest absolute Gasteiger partial charge is 0.336 e. The van der Waals surface area contributed by atoms with Gasteiger partial charge in [-0.15, -0.1) is 0 Å². The molecular weight excluding hydrogens is 300 g/mol. The molecule has 1 N–H and O–H groups in total. The lowest BCUT2D eigenvalue weighted by atomic mass is 10.1. The van der Waals surface area contributed by atoms with E-state index in [0.717, 1.165) is 5.56 Å². The van der Waals surface area contributed by atoms with Gasteiger partial charge in [0.05, 0.1) is 5.56 Å². The van der Waals surface area contributed by atoms with Gasteiger partial charge in [-0.25, -0.2) is 4.79 Å². The van der Waals surface area contributed by atoms with E-state index in [4.69, 9.17) is 5.11 Å². The van der Waals surface area contributed by atoms with Gasteiger partial charge in [0.15, 0.2) is 0 Å². The molecule has 0 saturated carbocycles. The first-order chi connectivity index (χ1) is 6.02. The van der Waals surface area contributed by atoms with Crippen LogP contribution in [0.2, 0.25) is 0 Å². The highest BCUT2D eigenvalue weighted by molar-refractivity contribution is 9.10. The van der Waals surface area contributed by atoms with Crippen molar-refractivity contribution in [3.63, 3.8) is 0 Å². The van der Waals surface area contributed by atoms with E-state index < -0.39 is 5.97 Å². The Bertz CT molecular complexity index is 334. The van der Waals surface area contributed by atoms with Crippen LogP contribution in [-0.2, 0) is 0 Å². The van der Waals surface area contributed by atoms with Crippen LogP contribution < -0.4 is 0 Å². The monoisotopic (exact) mass is 306 g/mol. The molecule has 0 unspecified atom stereocenters. The minimum absolute atomic E-state index is 0.228. The Balaban J connectivity index is 3.13. The summed E-state index contributed by atoms with van der Waals surface area (Å²) in [5.74, 6) is -0.916. The van der Waals surface area contributed by atoms with Crippen molar-refractivity contribution in [2.75, 3.05) is 0 Å². The molecular formula is C9H8Br2O2. The molecule has 4 heteroatoms. The van der Waals surface area contributed by atoms with E-state index in [1.165, 1.54) is 0 Å². The van der Waals surface area contributed by atoms with Crippen molar-refractivity contribution in [3.05, 3.63) is 33.8 Å². The molecule has 0 aliphatic rings. The van der Waals surface area contributed by atoms with E-state index in [1.54, 1.807) is 12.1 Å². The van der Waals surface area contributed by atoms with Crippen LogP contribution in [0.4, 0.5) is 0 Å². The standard InChI is InChI=1S/C9H8Br2O2/c1-5(10)6-2-3-7(9(12)13)8(11)4-6/h2-5H,1H3,(H,12,13)/t5-/m1/s1. The second kappa shape index (κ2) is 4.24. The lowest BCUT2D eigenvalue weighted by Crippen LogP contribution is -1.98. The zero-order valence-electron chi connectivity index (χ0n) is 6.92. The summed E-state index contributed by atoms with van der Waals surface area (Å²) in [6.07, 6.45) is 0. The molecule has 1 atom stereocenters. The molecule has 1 rings (SSSR count). The summed E-state index contributed by atoms with van der Waals surface area (Å²) in [7, 11) is 0. The number of carboxylic acids is 1. The normalized spacial score (nSPS) is 12.5. The Hall–Kier alpha value is -0.350. The number of alkyl halides is 1. The Morgan fingerprint density at radius 3 is 2.54 bits per heavy atom. The number of carbonyl (C=O) groups is 1. The zero-order valence-corrected chi connectivity index (χ0v) is 10.1. The average Bonchev–Trinajstić information content (AvgIpc) is 2.03. The summed E-state index contributed by atoms with van der Waals surface area (Å²) in [4.78, 5) is 10.9. The molecule has 2 nitrogen and oxygen atoms in total. The maximum Gasteiger partial charge on any atom is 0.336 e. The first-order valence-electron chi connectivity index (χ1n) is 3.69. The lowest BCUT2D eigenvalue weighted by Gasteiger charge is -2.05. The molecule has 0 spiro atoms. The van der Waals surface area contributed by atoms with E-state index in [9.17, 15) is 4.79 Å². The summed E-state index contributed by atoms with van der Waals surface area (Å²) < 4.78 is 0.615. The predicted molar refractivity (Wildman–Crippen MR) is 58.4 cm³/mol. The predicted octanol–water partition coefficient (Wildman–Crippen LogP) is 3.60. The van der Waals surface area contributed by atoms with E-state index in [0.29, 0.717) is 4.47 Å². The van der Waals surface area contributed by atoms with Gasteiger partial charge in [-0.3, -0.25) is 0 Å². The first-order valence-corrected chi connectivity index (χ1v) is 5.40. The van der Waals surface area contributed by atoms with E-state index in [2.05, 4.69) is 31.9 Å². The topological polar surface area (TPSA) is 37.3 Å². The fourth-order valence-corrected chi connectivity index (χ4v) is 1.80. The quantitative estimate of drug-likeness (QED) is 0.848. The van der Waals surface area contributed by atoms with E-state index in [1.807, 2.05) is 13.0 Å². The van der Waals surface area contributed by atoms with Crippen LogP contribution in [0.25, 0.3) is 0 Å². The summed E-state index contributed by atoms with van der Waals surface area (Å²) in [5.41, 5.74) is 1.34. The number of carboxylic acid groups (broad SMARTS) is 1. The fourth-order valence-electron chi connectivity index (χ4n) is 0.952. The van der Waals surface area contributed by atoms with Crippen LogP contribution in [0.1, 0.15) is 27.7 Å². The van der Waals surface area contributed by atoms with Gasteiger partial charge in [0.2, 0.25) is 0 Å². The van der Waals surface area contributed by atoms with Crippen molar-refractivity contribution >= 4 is 37.8 Å². The molecule has 0 amide bonds. The van der Waals surface area contributed by atoms with Crippen LogP contribution >= 0.6 is 31.9 Å². The molecule has 0 aliphatic carbocycles. The highest BCUT2D eigenvalue weighted by Gasteiger charge is 2.09. The number of halogens is 2. The van der Waals surface area contributed by atoms with Crippen LogP contribution in [0.3, 0.4) is 0 Å². The highest BCUT2D eigenvalue weighted by Crippen LogP contribution is 2.26. The second-order valence-corrected chi connectivity index (χ2v) is 4.89. The molecule has 1 aromatic rings. The Morgan fingerprint density at radius 1 is 1.54 bits per heavy atom. The van der Waals surface area contributed by atoms with Crippen molar-refractivity contribution in [2.45, 2.75) is 11.8 Å². The van der Waals surface area contributed by atoms with Gasteiger partial charge in [0.1, 0.15) is 0 Å². The molecule has 0 radical (unpaired) electrons. The Labute approximate surface area is 93.2 Å². The van der Waals surface area contributed by atoms with Crippen LogP contribution in [0.15, 0.2) is 22.7 Å². The molecule has 0 heterocycles. The third kappa shape index (κ3) is 2.54. The van der Waals surface area contributed by atoms with Crippen molar-refractivity contribution in [3.8, 4) is 0 Å². The second-order valence-electron chi connectivity index (χ2n) is 2.66. The average molecular weight is 308 g/mol. The van der Waals surface area contributed by atoms with E-state index >= 15 is 0 Å². The van der Waals surface area contributed by atoms with Gasteiger partial charge in [-0.1, -0.05) is 22.0 Å². The molecule has 0 aromatic heterocycles. The van der Waals surface area contributed by atoms with Crippen LogP contribution in [-0.4, -0.2) is 11.1 Å². The van der Waals surface area contributed by atoms with Crippen LogP contribution in [0, 0.1) is 0 Å². The van der Waals surface area contributed by atoms with Gasteiger partial charge < -0.3 is 5.11 Å². The SMILES string of the molecule is C[C@@H](Br)c1ccc(C(=O)O)c(Br)c1. The summed E-state index contributed by atoms with van der Waals surface area (Å²) in [6.45, 7) is 1.99. The molecule has 0 saturated heterocycles. The fraction of sp³-hybridized carbons (Fsp3) is 0.222. The van der Waals surface area contributed by atoms with Gasteiger partial charge in [-0.05, 0) is 40.5 Å². The van der Waals surface area contributed by atoms with Gasteiger partial charge in [0, 0.05) is 9.30 Å². The number of aromatic carboxylic acids is 1. The number of hydrogen-bond donors (Lipinski definition) is 1. The van der Waals surface area contributed by atoms with E-state index in [-0.39, 0.29) is 10.4 Å². The van der Waals surface area contributed by atoms with Crippen molar-refractivity contribution in [2.24, 2.45) is 0 Å². The largest absolute Gasteiger partial charge is 0.478 e. The third-order valence-electron chi connectivity index (χ3n) is 1.68. The summed E-state index contributed by atoms with van der Waals surface area (Å²) >= 11 is 6.62. The van der Waals surface area contributed by atoms with Crippen molar-refractivity contribution in [1.82, 2.24) is 0 Å². The minimum Gasteiger partial charge on any atom is -0.478 e. The number of benzene rings is 1. The van der Waals surface area contributed by atoms with Crippen LogP contribution in [0.5, 0.6) is 0 Å². The number of hydrogen-bond acceptors (Lipinski definition) is 1. The maximum atomic E-state index is 10.7. The highest BCUT2D eigenvalue weighted by atomic mass is 79.9. The van der Waals surface area contributed by atoms with Gasteiger partial charge in [-0.2, -0.15) is 0 Å². The lowest BCUT2D eigenvalue weighted by molar-refractivity contribution is 0.0696. The summed E-state index contributed by atoms with van der Waals surface area (Å²) in [5, 5.41) is 8.75. The molecule has 0 fully saturated rings. The summed E-state index contributed by atoms with van der Waals surface area (Å²) in [6, 6.07) is 5.20. The number of rotatable bonds is 2. The molecule has 0 bridgehead atoms. The first kappa shape index (κ1) is 10.7. The molecule has 0 aliphatic heterocycles. The molecule has 1 aromatic carbocycles. The molecule has 70 valence electrons. The van der Waals surface area contributed by atoms with Crippen molar-refractivity contribution in [1.29, 1.82) is 0 Å². The van der Waals surface area contributed by atoms with Crippen molar-refractivity contribution < 1.29 is 9.90 Å². The van der Waals surface area contributed by atoms with Gasteiger partial charge in [0.25, 0.3) is 0 Å². The molecule has 13 heavy (non-hydrogen) atoms. The minimum atomic E-state index is -0.916. The maximum absolute atomic E-state index is 10.7. The van der Waals surface area contributed by atoms with Gasteiger partial charge >= 0.3 is 5.97 Å². The third-order valence-corrected chi connectivity index (χ3v) is 2.87. The Morgan fingerprint density at radius 2 is 2.15 bits per heavy atom. The zero-order chi connectivity index (χ0) is 10.0. The Kier molecular flexibility index (Phi) is 3.50.